The molecule has 41 heavy (non-hydrogen) atoms. The van der Waals surface area contributed by atoms with E-state index in [9.17, 15) is 24.3 Å². The van der Waals surface area contributed by atoms with Crippen LogP contribution in [0.25, 0.3) is 0 Å². The Balaban J connectivity index is 1.63. The van der Waals surface area contributed by atoms with Gasteiger partial charge in [-0.2, -0.15) is 5.26 Å². The number of nitrogens with zero attached hydrogens (tertiary/aromatic N) is 3. The number of carboxylic acids is 1. The highest BCUT2D eigenvalue weighted by atomic mass is 32.1. The second kappa shape index (κ2) is 13.5. The van der Waals surface area contributed by atoms with Gasteiger partial charge in [0.1, 0.15) is 0 Å². The standard InChI is InChI=1S/C29H29N5O6S/c1-40-29(39)34-12-3-11-33(13-14-34)24-10-9-21(28(38)32-23(17-26(35)36)25-4-2-15-41-25)16-22(24)31-27(37)20-7-5-19(18-30)6-8-20/h2,4-10,15-16,23H,3,11-14,17H2,1H3,(H,31,37)(H,32,38)(H,35,36). The number of amides is 3. The van der Waals surface area contributed by atoms with Crippen LogP contribution in [0.15, 0.2) is 60.0 Å². The maximum absolute atomic E-state index is 13.3. The molecule has 2 heterocycles. The Morgan fingerprint density at radius 2 is 1.78 bits per heavy atom. The van der Waals surface area contributed by atoms with Crippen LogP contribution in [-0.2, 0) is 9.53 Å². The number of thiophene rings is 1. The van der Waals surface area contributed by atoms with E-state index in [0.717, 1.165) is 0 Å². The molecule has 3 N–H and O–H groups in total. The summed E-state index contributed by atoms with van der Waals surface area (Å²) >= 11 is 1.35. The molecule has 11 nitrogen and oxygen atoms in total. The van der Waals surface area contributed by atoms with Crippen LogP contribution in [0.5, 0.6) is 0 Å². The normalized spacial score (nSPS) is 13.9. The lowest BCUT2D eigenvalue weighted by molar-refractivity contribution is -0.137. The molecule has 0 spiro atoms. The number of carbonyl (C=O) groups is 4. The molecular formula is C29H29N5O6S. The third-order valence-corrected chi connectivity index (χ3v) is 7.61. The molecule has 4 rings (SSSR count). The molecule has 1 aliphatic rings. The molecule has 12 heteroatoms. The summed E-state index contributed by atoms with van der Waals surface area (Å²) < 4.78 is 4.86. The Kier molecular flexibility index (Phi) is 9.55. The maximum Gasteiger partial charge on any atom is 0.409 e. The van der Waals surface area contributed by atoms with Gasteiger partial charge in [0, 0.05) is 42.2 Å². The van der Waals surface area contributed by atoms with E-state index < -0.39 is 29.9 Å². The van der Waals surface area contributed by atoms with Crippen molar-refractivity contribution in [3.63, 3.8) is 0 Å². The first-order chi connectivity index (χ1) is 19.8. The van der Waals surface area contributed by atoms with Crippen LogP contribution >= 0.6 is 11.3 Å². The Morgan fingerprint density at radius 1 is 1.02 bits per heavy atom. The molecule has 1 saturated heterocycles. The van der Waals surface area contributed by atoms with E-state index >= 15 is 0 Å². The first kappa shape index (κ1) is 29.1. The van der Waals surface area contributed by atoms with Crippen molar-refractivity contribution >= 4 is 46.6 Å². The van der Waals surface area contributed by atoms with Crippen molar-refractivity contribution in [1.29, 1.82) is 5.26 Å². The number of nitrogens with one attached hydrogen (secondary N) is 2. The van der Waals surface area contributed by atoms with Crippen LogP contribution in [0.4, 0.5) is 16.2 Å². The van der Waals surface area contributed by atoms with Gasteiger partial charge in [-0.3, -0.25) is 14.4 Å². The van der Waals surface area contributed by atoms with Crippen molar-refractivity contribution in [2.75, 3.05) is 43.5 Å². The number of ether oxygens (including phenoxy) is 1. The van der Waals surface area contributed by atoms with E-state index in [2.05, 4.69) is 10.6 Å². The summed E-state index contributed by atoms with van der Waals surface area (Å²) in [6.45, 7) is 2.00. The van der Waals surface area contributed by atoms with E-state index in [0.29, 0.717) is 60.0 Å². The average Bonchev–Trinajstić information content (AvgIpc) is 3.41. The molecule has 1 fully saturated rings. The number of anilines is 2. The molecule has 3 amide bonds. The Morgan fingerprint density at radius 3 is 2.44 bits per heavy atom. The van der Waals surface area contributed by atoms with Gasteiger partial charge < -0.3 is 30.3 Å². The highest BCUT2D eigenvalue weighted by molar-refractivity contribution is 7.10. The van der Waals surface area contributed by atoms with Crippen molar-refractivity contribution in [3.05, 3.63) is 81.5 Å². The van der Waals surface area contributed by atoms with Gasteiger partial charge >= 0.3 is 12.1 Å². The minimum absolute atomic E-state index is 0.238. The highest BCUT2D eigenvalue weighted by Crippen LogP contribution is 2.30. The first-order valence-corrected chi connectivity index (χ1v) is 13.8. The number of benzene rings is 2. The number of methoxy groups -OCH3 is 1. The van der Waals surface area contributed by atoms with E-state index in [1.165, 1.54) is 18.4 Å². The van der Waals surface area contributed by atoms with E-state index in [1.54, 1.807) is 59.5 Å². The van der Waals surface area contributed by atoms with Gasteiger partial charge in [-0.25, -0.2) is 4.79 Å². The summed E-state index contributed by atoms with van der Waals surface area (Å²) in [7, 11) is 1.34. The van der Waals surface area contributed by atoms with Crippen LogP contribution < -0.4 is 15.5 Å². The van der Waals surface area contributed by atoms with E-state index in [1.807, 2.05) is 16.3 Å². The maximum atomic E-state index is 13.3. The van der Waals surface area contributed by atoms with E-state index in [-0.39, 0.29) is 12.0 Å². The van der Waals surface area contributed by atoms with E-state index in [4.69, 9.17) is 10.00 Å². The minimum Gasteiger partial charge on any atom is -0.481 e. The quantitative estimate of drug-likeness (QED) is 0.363. The molecule has 3 aromatic rings. The average molecular weight is 576 g/mol. The fraction of sp³-hybridized carbons (Fsp3) is 0.276. The lowest BCUT2D eigenvalue weighted by Crippen LogP contribution is -2.35. The third kappa shape index (κ3) is 7.40. The van der Waals surface area contributed by atoms with Crippen LogP contribution in [0.1, 0.15) is 50.0 Å². The fourth-order valence-electron chi connectivity index (χ4n) is 4.54. The summed E-state index contributed by atoms with van der Waals surface area (Å²) in [5.41, 5.74) is 2.03. The van der Waals surface area contributed by atoms with Gasteiger partial charge in [-0.15, -0.1) is 11.3 Å². The van der Waals surface area contributed by atoms with Gasteiger partial charge in [0.05, 0.1) is 42.6 Å². The second-order valence-electron chi connectivity index (χ2n) is 9.31. The molecule has 0 radical (unpaired) electrons. The molecule has 0 aliphatic carbocycles. The topological polar surface area (TPSA) is 152 Å². The van der Waals surface area contributed by atoms with Crippen LogP contribution in [-0.4, -0.2) is 67.2 Å². The monoisotopic (exact) mass is 575 g/mol. The van der Waals surface area contributed by atoms with Gasteiger partial charge in [0.25, 0.3) is 11.8 Å². The largest absolute Gasteiger partial charge is 0.481 e. The Hall–Kier alpha value is -4.89. The summed E-state index contributed by atoms with van der Waals surface area (Å²) in [5, 5.41) is 25.9. The predicted molar refractivity (Wildman–Crippen MR) is 153 cm³/mol. The van der Waals surface area contributed by atoms with Gasteiger partial charge in [0.2, 0.25) is 0 Å². The molecule has 2 aromatic carbocycles. The molecular weight excluding hydrogens is 546 g/mol. The number of carbonyl (C=O) groups excluding carboxylic acids is 3. The SMILES string of the molecule is COC(=O)N1CCCN(c2ccc(C(=O)NC(CC(=O)O)c3cccs3)cc2NC(=O)c2ccc(C#N)cc2)CC1. The number of aliphatic carboxylic acids is 1. The summed E-state index contributed by atoms with van der Waals surface area (Å²) in [5.74, 6) is -1.96. The zero-order valence-electron chi connectivity index (χ0n) is 22.3. The summed E-state index contributed by atoms with van der Waals surface area (Å²) in [6, 6.07) is 15.9. The number of rotatable bonds is 8. The van der Waals surface area contributed by atoms with Crippen molar-refractivity contribution in [1.82, 2.24) is 10.2 Å². The number of carboxylic acid groups (broad SMARTS) is 1. The molecule has 1 atom stereocenters. The Bertz CT molecular complexity index is 1450. The van der Waals surface area contributed by atoms with Crippen LogP contribution in [0.3, 0.4) is 0 Å². The molecule has 212 valence electrons. The lowest BCUT2D eigenvalue weighted by atomic mass is 10.1. The van der Waals surface area contributed by atoms with Crippen LogP contribution in [0.2, 0.25) is 0 Å². The van der Waals surface area contributed by atoms with Crippen LogP contribution in [0, 0.1) is 11.3 Å². The number of hydrogen-bond acceptors (Lipinski definition) is 8. The third-order valence-electron chi connectivity index (χ3n) is 6.62. The molecule has 1 aliphatic heterocycles. The second-order valence-corrected chi connectivity index (χ2v) is 10.3. The highest BCUT2D eigenvalue weighted by Gasteiger charge is 2.24. The molecule has 1 aromatic heterocycles. The fourth-order valence-corrected chi connectivity index (χ4v) is 5.32. The minimum atomic E-state index is -1.04. The lowest BCUT2D eigenvalue weighted by Gasteiger charge is -2.26. The van der Waals surface area contributed by atoms with Gasteiger partial charge in [0.15, 0.2) is 0 Å². The molecule has 0 bridgehead atoms. The van der Waals surface area contributed by atoms with Crippen molar-refractivity contribution in [2.45, 2.75) is 18.9 Å². The number of hydrogen-bond donors (Lipinski definition) is 3. The predicted octanol–water partition coefficient (Wildman–Crippen LogP) is 4.10. The van der Waals surface area contributed by atoms with Gasteiger partial charge in [-0.05, 0) is 60.3 Å². The zero-order valence-corrected chi connectivity index (χ0v) is 23.1. The Labute approximate surface area is 240 Å². The smallest absolute Gasteiger partial charge is 0.409 e. The van der Waals surface area contributed by atoms with Crippen molar-refractivity contribution in [3.8, 4) is 6.07 Å². The van der Waals surface area contributed by atoms with Crippen molar-refractivity contribution < 1.29 is 29.0 Å². The first-order valence-electron chi connectivity index (χ1n) is 12.9. The zero-order chi connectivity index (χ0) is 29.4. The summed E-state index contributed by atoms with van der Waals surface area (Å²) in [4.78, 5) is 54.4. The van der Waals surface area contributed by atoms with Crippen molar-refractivity contribution in [2.24, 2.45) is 0 Å². The molecule has 1 unspecified atom stereocenters. The molecule has 0 saturated carbocycles. The summed E-state index contributed by atoms with van der Waals surface area (Å²) in [6.07, 6.45) is -0.0235. The number of nitriles is 1. The van der Waals surface area contributed by atoms with Gasteiger partial charge in [-0.1, -0.05) is 6.07 Å².